The summed E-state index contributed by atoms with van der Waals surface area (Å²) in [5.74, 6) is 0. The summed E-state index contributed by atoms with van der Waals surface area (Å²) in [5.41, 5.74) is 0.773. The number of thiophene rings is 1. The van der Waals surface area contributed by atoms with Crippen LogP contribution in [0.5, 0.6) is 0 Å². The van der Waals surface area contributed by atoms with Crippen LogP contribution in [0.25, 0.3) is 0 Å². The Morgan fingerprint density at radius 2 is 2.38 bits per heavy atom. The number of halogens is 1. The van der Waals surface area contributed by atoms with Gasteiger partial charge in [-0.2, -0.15) is 0 Å². The fraction of sp³-hybridized carbons (Fsp3) is 0.111. The van der Waals surface area contributed by atoms with E-state index in [9.17, 15) is 5.11 Å². The predicted octanol–water partition coefficient (Wildman–Crippen LogP) is 3.19. The molecule has 0 aliphatic heterocycles. The minimum atomic E-state index is -0.574. The van der Waals surface area contributed by atoms with Gasteiger partial charge in [0, 0.05) is 10.4 Å². The molecular weight excluding hydrogens is 252 g/mol. The summed E-state index contributed by atoms with van der Waals surface area (Å²) in [7, 11) is 0. The van der Waals surface area contributed by atoms with Crippen molar-refractivity contribution in [2.24, 2.45) is 0 Å². The molecule has 13 heavy (non-hydrogen) atoms. The zero-order valence-corrected chi connectivity index (χ0v) is 9.01. The fourth-order valence-electron chi connectivity index (χ4n) is 1.08. The Morgan fingerprint density at radius 1 is 1.54 bits per heavy atom. The van der Waals surface area contributed by atoms with Crippen LogP contribution in [0.15, 0.2) is 38.9 Å². The van der Waals surface area contributed by atoms with Crippen molar-refractivity contribution < 1.29 is 9.52 Å². The summed E-state index contributed by atoms with van der Waals surface area (Å²) in [5, 5.41) is 11.8. The van der Waals surface area contributed by atoms with Crippen molar-refractivity contribution in [3.63, 3.8) is 0 Å². The van der Waals surface area contributed by atoms with Crippen molar-refractivity contribution >= 4 is 27.3 Å². The molecular formula is C9H7BrO2S. The monoisotopic (exact) mass is 258 g/mol. The van der Waals surface area contributed by atoms with Crippen LogP contribution in [0.1, 0.15) is 16.5 Å². The van der Waals surface area contributed by atoms with Gasteiger partial charge in [-0.05, 0) is 33.4 Å². The lowest BCUT2D eigenvalue weighted by atomic mass is 10.2. The van der Waals surface area contributed by atoms with Gasteiger partial charge in [-0.3, -0.25) is 0 Å². The standard InChI is InChI=1S/C9H7BrO2S/c10-8-4-6(5-12-8)9(11)7-2-1-3-13-7/h1-5,9,11H. The van der Waals surface area contributed by atoms with Gasteiger partial charge in [0.15, 0.2) is 4.67 Å². The average Bonchev–Trinajstić information content (AvgIpc) is 2.72. The highest BCUT2D eigenvalue weighted by molar-refractivity contribution is 9.10. The van der Waals surface area contributed by atoms with Crippen LogP contribution >= 0.6 is 27.3 Å². The Kier molecular flexibility index (Phi) is 2.53. The Morgan fingerprint density at radius 3 is 2.92 bits per heavy atom. The number of hydrogen-bond donors (Lipinski definition) is 1. The summed E-state index contributed by atoms with van der Waals surface area (Å²) in [6.45, 7) is 0. The van der Waals surface area contributed by atoms with Gasteiger partial charge in [0.1, 0.15) is 6.10 Å². The molecule has 1 atom stereocenters. The molecule has 0 aliphatic rings. The van der Waals surface area contributed by atoms with Crippen molar-refractivity contribution in [1.82, 2.24) is 0 Å². The van der Waals surface area contributed by atoms with E-state index in [0.717, 1.165) is 10.4 Å². The summed E-state index contributed by atoms with van der Waals surface area (Å²) in [6, 6.07) is 5.58. The summed E-state index contributed by atoms with van der Waals surface area (Å²) in [6.07, 6.45) is 0.976. The molecule has 2 aromatic rings. The molecule has 0 spiro atoms. The third kappa shape index (κ3) is 1.85. The van der Waals surface area contributed by atoms with Gasteiger partial charge in [0.25, 0.3) is 0 Å². The molecule has 0 bridgehead atoms. The van der Waals surface area contributed by atoms with Gasteiger partial charge in [-0.1, -0.05) is 6.07 Å². The van der Waals surface area contributed by atoms with E-state index in [1.54, 1.807) is 12.3 Å². The molecule has 0 amide bonds. The molecule has 2 aromatic heterocycles. The number of aliphatic hydroxyl groups excluding tert-OH is 1. The van der Waals surface area contributed by atoms with Crippen molar-refractivity contribution in [2.75, 3.05) is 0 Å². The molecule has 1 unspecified atom stereocenters. The van der Waals surface area contributed by atoms with E-state index < -0.39 is 6.10 Å². The molecule has 4 heteroatoms. The molecule has 0 fully saturated rings. The molecule has 68 valence electrons. The van der Waals surface area contributed by atoms with Gasteiger partial charge >= 0.3 is 0 Å². The molecule has 0 radical (unpaired) electrons. The predicted molar refractivity (Wildman–Crippen MR) is 54.8 cm³/mol. The number of rotatable bonds is 2. The third-order valence-electron chi connectivity index (χ3n) is 1.72. The lowest BCUT2D eigenvalue weighted by Gasteiger charge is -2.03. The summed E-state index contributed by atoms with van der Waals surface area (Å²) >= 11 is 4.72. The van der Waals surface area contributed by atoms with Gasteiger partial charge < -0.3 is 9.52 Å². The topological polar surface area (TPSA) is 33.4 Å². The highest BCUT2D eigenvalue weighted by Crippen LogP contribution is 2.28. The average molecular weight is 259 g/mol. The number of aliphatic hydroxyl groups is 1. The first kappa shape index (κ1) is 8.99. The SMILES string of the molecule is OC(c1coc(Br)c1)c1cccs1. The Balaban J connectivity index is 2.28. The van der Waals surface area contributed by atoms with Crippen molar-refractivity contribution in [2.45, 2.75) is 6.10 Å². The second-order valence-electron chi connectivity index (χ2n) is 2.60. The van der Waals surface area contributed by atoms with E-state index >= 15 is 0 Å². The fourth-order valence-corrected chi connectivity index (χ4v) is 2.17. The van der Waals surface area contributed by atoms with Gasteiger partial charge in [0.2, 0.25) is 0 Å². The van der Waals surface area contributed by atoms with E-state index in [-0.39, 0.29) is 0 Å². The zero-order valence-electron chi connectivity index (χ0n) is 6.61. The Hall–Kier alpha value is -0.580. The highest BCUT2D eigenvalue weighted by atomic mass is 79.9. The maximum atomic E-state index is 9.82. The smallest absolute Gasteiger partial charge is 0.169 e. The van der Waals surface area contributed by atoms with Crippen LogP contribution in [0.3, 0.4) is 0 Å². The number of hydrogen-bond acceptors (Lipinski definition) is 3. The Bertz CT molecular complexity index is 380. The van der Waals surface area contributed by atoms with E-state index in [0.29, 0.717) is 4.67 Å². The normalized spacial score (nSPS) is 13.1. The van der Waals surface area contributed by atoms with Crippen LogP contribution < -0.4 is 0 Å². The minimum absolute atomic E-state index is 0.574. The van der Waals surface area contributed by atoms with E-state index in [1.807, 2.05) is 17.5 Å². The van der Waals surface area contributed by atoms with Crippen molar-refractivity contribution in [3.8, 4) is 0 Å². The lowest BCUT2D eigenvalue weighted by molar-refractivity contribution is 0.223. The first-order valence-corrected chi connectivity index (χ1v) is 5.40. The molecule has 1 N–H and O–H groups in total. The maximum absolute atomic E-state index is 9.82. The van der Waals surface area contributed by atoms with Crippen LogP contribution in [0.2, 0.25) is 0 Å². The second-order valence-corrected chi connectivity index (χ2v) is 4.36. The lowest BCUT2D eigenvalue weighted by Crippen LogP contribution is -1.93. The molecule has 0 saturated carbocycles. The van der Waals surface area contributed by atoms with E-state index in [4.69, 9.17) is 4.42 Å². The summed E-state index contributed by atoms with van der Waals surface area (Å²) < 4.78 is 5.68. The molecule has 0 saturated heterocycles. The zero-order chi connectivity index (χ0) is 9.26. The van der Waals surface area contributed by atoms with Gasteiger partial charge in [-0.15, -0.1) is 11.3 Å². The van der Waals surface area contributed by atoms with Crippen molar-refractivity contribution in [3.05, 3.63) is 45.0 Å². The summed E-state index contributed by atoms with van der Waals surface area (Å²) in [4.78, 5) is 0.924. The highest BCUT2D eigenvalue weighted by Gasteiger charge is 2.13. The first-order chi connectivity index (χ1) is 6.27. The van der Waals surface area contributed by atoms with Crippen LogP contribution in [0, 0.1) is 0 Å². The van der Waals surface area contributed by atoms with E-state index in [2.05, 4.69) is 15.9 Å². The van der Waals surface area contributed by atoms with Crippen molar-refractivity contribution in [1.29, 1.82) is 0 Å². The Labute approximate surface area is 87.9 Å². The first-order valence-electron chi connectivity index (χ1n) is 3.73. The molecule has 2 heterocycles. The molecule has 2 nitrogen and oxygen atoms in total. The van der Waals surface area contributed by atoms with Crippen LogP contribution in [-0.2, 0) is 0 Å². The van der Waals surface area contributed by atoms with E-state index in [1.165, 1.54) is 11.3 Å². The minimum Gasteiger partial charge on any atom is -0.457 e. The van der Waals surface area contributed by atoms with Gasteiger partial charge in [-0.25, -0.2) is 0 Å². The third-order valence-corrected chi connectivity index (χ3v) is 3.06. The molecule has 0 aromatic carbocycles. The quantitative estimate of drug-likeness (QED) is 0.898. The second kappa shape index (κ2) is 3.65. The maximum Gasteiger partial charge on any atom is 0.169 e. The largest absolute Gasteiger partial charge is 0.457 e. The molecule has 0 aliphatic carbocycles. The van der Waals surface area contributed by atoms with Gasteiger partial charge in [0.05, 0.1) is 6.26 Å². The number of furan rings is 1. The van der Waals surface area contributed by atoms with Crippen LogP contribution in [0.4, 0.5) is 0 Å². The van der Waals surface area contributed by atoms with Crippen LogP contribution in [-0.4, -0.2) is 5.11 Å². The molecule has 2 rings (SSSR count).